The second-order valence-electron chi connectivity index (χ2n) is 11.8. The zero-order valence-corrected chi connectivity index (χ0v) is 26.3. The van der Waals surface area contributed by atoms with Gasteiger partial charge in [0, 0.05) is 25.2 Å². The topological polar surface area (TPSA) is 118 Å². The molecule has 2 aliphatic heterocycles. The van der Waals surface area contributed by atoms with Gasteiger partial charge in [-0.1, -0.05) is 42.0 Å². The Labute approximate surface area is 259 Å². The summed E-state index contributed by atoms with van der Waals surface area (Å²) in [5.74, 6) is 0.391. The smallest absolute Gasteiger partial charge is 0.283 e. The van der Waals surface area contributed by atoms with E-state index in [1.807, 2.05) is 30.4 Å². The van der Waals surface area contributed by atoms with Crippen molar-refractivity contribution in [3.8, 4) is 5.75 Å². The number of hydrogen-bond acceptors (Lipinski definition) is 8. The van der Waals surface area contributed by atoms with Gasteiger partial charge < -0.3 is 19.5 Å². The lowest BCUT2D eigenvalue weighted by Gasteiger charge is -2.49. The molecular formula is C32H40ClN3O6S. The quantitative estimate of drug-likeness (QED) is 0.454. The van der Waals surface area contributed by atoms with Gasteiger partial charge in [0.15, 0.2) is 11.6 Å². The zero-order chi connectivity index (χ0) is 30.8. The van der Waals surface area contributed by atoms with Crippen molar-refractivity contribution in [3.05, 3.63) is 76.5 Å². The van der Waals surface area contributed by atoms with Crippen LogP contribution < -0.4 is 14.4 Å². The van der Waals surface area contributed by atoms with E-state index in [0.29, 0.717) is 41.9 Å². The highest BCUT2D eigenvalue weighted by molar-refractivity contribution is 7.90. The van der Waals surface area contributed by atoms with E-state index in [0.717, 1.165) is 43.2 Å². The average molecular weight is 630 g/mol. The standard InChI is InChI=1S/C32H40ClN3O6S/c1-21-7-6-15-32(20-37,41-3)27-12-10-24(27)18-36-16-5-4-8-23-17-26(33)11-9-25(23)19-42-29-14-13-28(34-30(29)36)31(38)35-43(39,40)22(21)2/h6,9,11,13-15,17,22,24,27,37H,1,4-5,7-8,10,12,16,18-20H2,2-3H3,(H,35,38)/b15-6+/t22-,24+,27-,32-/m1/s1. The molecule has 1 fully saturated rings. The van der Waals surface area contributed by atoms with Crippen LogP contribution in [0.1, 0.15) is 60.6 Å². The Morgan fingerprint density at radius 3 is 2.77 bits per heavy atom. The van der Waals surface area contributed by atoms with E-state index in [1.165, 1.54) is 13.0 Å². The summed E-state index contributed by atoms with van der Waals surface area (Å²) in [7, 11) is -2.50. The number of aliphatic hydroxyl groups is 1. The van der Waals surface area contributed by atoms with Gasteiger partial charge in [0.2, 0.25) is 10.0 Å². The SMILES string of the molecule is C=C1C/C=C/[C@](CO)(OC)[C@@H]2CC[C@H]2CN2CCCCc3cc(Cl)ccc3COc3ccc(nc32)C(=O)NS(=O)(=O)[C@@H]1C. The predicted octanol–water partition coefficient (Wildman–Crippen LogP) is 4.82. The van der Waals surface area contributed by atoms with E-state index >= 15 is 0 Å². The van der Waals surface area contributed by atoms with Crippen molar-refractivity contribution in [2.45, 2.75) is 62.9 Å². The number of amides is 1. The number of pyridine rings is 1. The lowest BCUT2D eigenvalue weighted by Crippen LogP contribution is -2.53. The van der Waals surface area contributed by atoms with Gasteiger partial charge in [-0.15, -0.1) is 0 Å². The normalized spacial score (nSPS) is 28.7. The van der Waals surface area contributed by atoms with Crippen molar-refractivity contribution in [3.63, 3.8) is 0 Å². The first kappa shape index (κ1) is 31.5. The van der Waals surface area contributed by atoms with Crippen LogP contribution >= 0.6 is 11.6 Å². The summed E-state index contributed by atoms with van der Waals surface area (Å²) in [5.41, 5.74) is 1.64. The lowest BCUT2D eigenvalue weighted by atomic mass is 9.64. The largest absolute Gasteiger partial charge is 0.485 e. The molecule has 2 bridgehead atoms. The summed E-state index contributed by atoms with van der Waals surface area (Å²) in [6, 6.07) is 8.98. The molecule has 43 heavy (non-hydrogen) atoms. The molecular weight excluding hydrogens is 590 g/mol. The first-order valence-corrected chi connectivity index (χ1v) is 16.7. The number of sulfonamides is 1. The Kier molecular flexibility index (Phi) is 9.51. The lowest BCUT2D eigenvalue weighted by molar-refractivity contribution is -0.103. The van der Waals surface area contributed by atoms with Gasteiger partial charge in [-0.3, -0.25) is 4.79 Å². The number of carbonyl (C=O) groups excluding carboxylic acids is 1. The highest BCUT2D eigenvalue weighted by Gasteiger charge is 2.47. The maximum absolute atomic E-state index is 13.3. The fraction of sp³-hybridized carbons (Fsp3) is 0.500. The zero-order valence-electron chi connectivity index (χ0n) is 24.7. The Bertz CT molecular complexity index is 1510. The molecule has 2 aromatic rings. The van der Waals surface area contributed by atoms with Crippen LogP contribution in [0.25, 0.3) is 0 Å². The number of rotatable bonds is 2. The number of hydrogen-bond donors (Lipinski definition) is 2. The molecule has 5 rings (SSSR count). The molecule has 3 aliphatic rings. The van der Waals surface area contributed by atoms with E-state index < -0.39 is 26.8 Å². The van der Waals surface area contributed by atoms with Crippen molar-refractivity contribution >= 4 is 33.3 Å². The number of carbonyl (C=O) groups is 1. The van der Waals surface area contributed by atoms with E-state index in [4.69, 9.17) is 26.1 Å². The van der Waals surface area contributed by atoms with Gasteiger partial charge in [0.25, 0.3) is 5.91 Å². The molecule has 0 unspecified atom stereocenters. The van der Waals surface area contributed by atoms with E-state index in [1.54, 1.807) is 13.2 Å². The van der Waals surface area contributed by atoms with Crippen molar-refractivity contribution in [1.29, 1.82) is 0 Å². The predicted molar refractivity (Wildman–Crippen MR) is 167 cm³/mol. The Balaban J connectivity index is 1.58. The van der Waals surface area contributed by atoms with Crippen molar-refractivity contribution in [2.24, 2.45) is 11.8 Å². The van der Waals surface area contributed by atoms with Gasteiger partial charge in [0.1, 0.15) is 17.9 Å². The minimum absolute atomic E-state index is 0.0189. The molecule has 4 atom stereocenters. The first-order chi connectivity index (χ1) is 20.6. The van der Waals surface area contributed by atoms with Crippen LogP contribution in [0.3, 0.4) is 0 Å². The molecule has 2 N–H and O–H groups in total. The number of nitrogens with one attached hydrogen (secondary N) is 1. The maximum Gasteiger partial charge on any atom is 0.283 e. The third-order valence-electron chi connectivity index (χ3n) is 9.23. The van der Waals surface area contributed by atoms with Gasteiger partial charge in [-0.25, -0.2) is 18.1 Å². The molecule has 232 valence electrons. The van der Waals surface area contributed by atoms with Crippen LogP contribution in [0.4, 0.5) is 5.82 Å². The van der Waals surface area contributed by atoms with Crippen LogP contribution in [-0.2, 0) is 27.8 Å². The number of aromatic nitrogens is 1. The highest BCUT2D eigenvalue weighted by atomic mass is 35.5. The molecule has 1 aliphatic carbocycles. The fourth-order valence-electron chi connectivity index (χ4n) is 6.28. The van der Waals surface area contributed by atoms with Crippen molar-refractivity contribution in [2.75, 3.05) is 31.7 Å². The highest BCUT2D eigenvalue weighted by Crippen LogP contribution is 2.46. The summed E-state index contributed by atoms with van der Waals surface area (Å²) in [6.07, 6.45) is 8.35. The molecule has 1 saturated carbocycles. The minimum atomic E-state index is -4.09. The number of aryl methyl sites for hydroxylation is 1. The monoisotopic (exact) mass is 629 g/mol. The third-order valence-corrected chi connectivity index (χ3v) is 11.2. The van der Waals surface area contributed by atoms with Crippen LogP contribution in [0, 0.1) is 11.8 Å². The van der Waals surface area contributed by atoms with Gasteiger partial charge >= 0.3 is 0 Å². The maximum atomic E-state index is 13.3. The molecule has 1 aromatic heterocycles. The van der Waals surface area contributed by atoms with Crippen LogP contribution in [0.5, 0.6) is 5.75 Å². The van der Waals surface area contributed by atoms with Gasteiger partial charge in [-0.2, -0.15) is 0 Å². The molecule has 0 radical (unpaired) electrons. The van der Waals surface area contributed by atoms with Crippen LogP contribution in [0.2, 0.25) is 5.02 Å². The number of allylic oxidation sites excluding steroid dienone is 1. The minimum Gasteiger partial charge on any atom is -0.485 e. The van der Waals surface area contributed by atoms with Crippen LogP contribution in [-0.4, -0.2) is 62.1 Å². The fourth-order valence-corrected chi connectivity index (χ4v) is 7.55. The molecule has 0 saturated heterocycles. The second-order valence-corrected chi connectivity index (χ2v) is 14.2. The third kappa shape index (κ3) is 6.62. The number of methoxy groups -OCH3 is 1. The average Bonchev–Trinajstić information content (AvgIpc) is 3.00. The Hall–Kier alpha value is -2.92. The van der Waals surface area contributed by atoms with E-state index in [9.17, 15) is 18.3 Å². The Morgan fingerprint density at radius 2 is 2.05 bits per heavy atom. The summed E-state index contributed by atoms with van der Waals surface area (Å²) in [4.78, 5) is 20.1. The number of anilines is 1. The summed E-state index contributed by atoms with van der Waals surface area (Å²) < 4.78 is 40.8. The summed E-state index contributed by atoms with van der Waals surface area (Å²) >= 11 is 6.30. The molecule has 1 aromatic carbocycles. The molecule has 3 heterocycles. The first-order valence-electron chi connectivity index (χ1n) is 14.8. The number of nitrogens with zero attached hydrogens (tertiary/aromatic N) is 2. The van der Waals surface area contributed by atoms with Crippen molar-refractivity contribution in [1.82, 2.24) is 9.71 Å². The molecule has 11 heteroatoms. The van der Waals surface area contributed by atoms with Crippen molar-refractivity contribution < 1.29 is 27.8 Å². The van der Waals surface area contributed by atoms with Gasteiger partial charge in [0.05, 0.1) is 11.9 Å². The second kappa shape index (κ2) is 13.0. The summed E-state index contributed by atoms with van der Waals surface area (Å²) in [5, 5.41) is 10.2. The van der Waals surface area contributed by atoms with Gasteiger partial charge in [-0.05, 0) is 92.7 Å². The van der Waals surface area contributed by atoms with Crippen LogP contribution in [0.15, 0.2) is 54.6 Å². The Morgan fingerprint density at radius 1 is 1.23 bits per heavy atom. The number of halogens is 1. The molecule has 0 spiro atoms. The van der Waals surface area contributed by atoms with E-state index in [-0.39, 0.29) is 30.6 Å². The van der Waals surface area contributed by atoms with E-state index in [2.05, 4.69) is 16.2 Å². The number of ether oxygens (including phenoxy) is 2. The number of aliphatic hydroxyl groups excluding tert-OH is 1. The number of fused-ring (bicyclic) bond motifs is 3. The number of benzene rings is 1. The summed E-state index contributed by atoms with van der Waals surface area (Å²) in [6.45, 7) is 6.81. The molecule has 9 nitrogen and oxygen atoms in total. The molecule has 1 amide bonds.